The van der Waals surface area contributed by atoms with Gasteiger partial charge in [0, 0.05) is 16.9 Å². The van der Waals surface area contributed by atoms with Gasteiger partial charge >= 0.3 is 0 Å². The molecule has 0 saturated heterocycles. The van der Waals surface area contributed by atoms with Crippen molar-refractivity contribution < 1.29 is 4.74 Å². The molecule has 0 bridgehead atoms. The highest BCUT2D eigenvalue weighted by molar-refractivity contribution is 7.98. The Morgan fingerprint density at radius 2 is 1.60 bits per heavy atom. The zero-order valence-corrected chi connectivity index (χ0v) is 17.5. The first kappa shape index (κ1) is 19.9. The van der Waals surface area contributed by atoms with Crippen molar-refractivity contribution in [2.24, 2.45) is 5.10 Å². The Kier molecular flexibility index (Phi) is 6.57. The quantitative estimate of drug-likeness (QED) is 0.281. The highest BCUT2D eigenvalue weighted by atomic mass is 32.2. The van der Waals surface area contributed by atoms with Crippen molar-refractivity contribution in [3.8, 4) is 17.1 Å². The molecule has 0 unspecified atom stereocenters. The van der Waals surface area contributed by atoms with E-state index in [9.17, 15) is 0 Å². The van der Waals surface area contributed by atoms with Crippen molar-refractivity contribution >= 4 is 18.0 Å². The maximum Gasteiger partial charge on any atom is 0.212 e. The fraction of sp³-hybridized carbons (Fsp3) is 0.125. The third kappa shape index (κ3) is 4.78. The van der Waals surface area contributed by atoms with Gasteiger partial charge in [0.15, 0.2) is 5.82 Å². The van der Waals surface area contributed by atoms with Gasteiger partial charge in [-0.05, 0) is 24.6 Å². The van der Waals surface area contributed by atoms with Gasteiger partial charge in [0.2, 0.25) is 5.16 Å². The van der Waals surface area contributed by atoms with Crippen LogP contribution in [0.4, 0.5) is 0 Å². The maximum absolute atomic E-state index is 5.72. The van der Waals surface area contributed by atoms with Crippen molar-refractivity contribution in [2.75, 3.05) is 6.61 Å². The molecule has 4 rings (SSSR count). The first-order chi connectivity index (χ1) is 14.8. The number of nitrogens with zero attached hydrogens (tertiary/aromatic N) is 4. The first-order valence-corrected chi connectivity index (χ1v) is 10.8. The highest BCUT2D eigenvalue weighted by Gasteiger charge is 2.14. The normalized spacial score (nSPS) is 11.1. The van der Waals surface area contributed by atoms with Crippen LogP contribution in [0, 0.1) is 0 Å². The Morgan fingerprint density at radius 1 is 0.900 bits per heavy atom. The lowest BCUT2D eigenvalue weighted by Gasteiger charge is -2.07. The molecule has 0 aliphatic carbocycles. The summed E-state index contributed by atoms with van der Waals surface area (Å²) >= 11 is 1.61. The molecule has 30 heavy (non-hydrogen) atoms. The van der Waals surface area contributed by atoms with Gasteiger partial charge in [-0.1, -0.05) is 84.6 Å². The summed E-state index contributed by atoms with van der Waals surface area (Å²) in [6.07, 6.45) is 1.80. The van der Waals surface area contributed by atoms with Crippen LogP contribution in [0.3, 0.4) is 0 Å². The molecule has 0 spiro atoms. The molecule has 0 aliphatic heterocycles. The number of hydrogen-bond acceptors (Lipinski definition) is 5. The van der Waals surface area contributed by atoms with Crippen LogP contribution in [0.25, 0.3) is 11.4 Å². The Bertz CT molecular complexity index is 1110. The number of para-hydroxylation sites is 1. The van der Waals surface area contributed by atoms with Crippen LogP contribution in [-0.2, 0) is 5.75 Å². The zero-order valence-electron chi connectivity index (χ0n) is 16.7. The number of rotatable bonds is 8. The molecule has 0 saturated carbocycles. The van der Waals surface area contributed by atoms with Gasteiger partial charge in [-0.3, -0.25) is 0 Å². The van der Waals surface area contributed by atoms with Crippen molar-refractivity contribution in [1.29, 1.82) is 0 Å². The molecule has 3 aromatic carbocycles. The van der Waals surface area contributed by atoms with Gasteiger partial charge in [-0.15, -0.1) is 10.2 Å². The third-order valence-corrected chi connectivity index (χ3v) is 5.38. The van der Waals surface area contributed by atoms with E-state index in [0.29, 0.717) is 12.4 Å². The minimum Gasteiger partial charge on any atom is -0.493 e. The van der Waals surface area contributed by atoms with Crippen LogP contribution in [0.5, 0.6) is 5.75 Å². The first-order valence-electron chi connectivity index (χ1n) is 9.79. The summed E-state index contributed by atoms with van der Waals surface area (Å²) in [5.41, 5.74) is 3.10. The zero-order chi connectivity index (χ0) is 20.6. The van der Waals surface area contributed by atoms with E-state index in [1.165, 1.54) is 5.56 Å². The van der Waals surface area contributed by atoms with Crippen LogP contribution in [0.1, 0.15) is 18.1 Å². The molecule has 0 N–H and O–H groups in total. The summed E-state index contributed by atoms with van der Waals surface area (Å²) in [4.78, 5) is 0. The minimum atomic E-state index is 0.602. The van der Waals surface area contributed by atoms with E-state index >= 15 is 0 Å². The molecular weight excluding hydrogens is 392 g/mol. The van der Waals surface area contributed by atoms with Crippen molar-refractivity contribution in [3.05, 3.63) is 96.1 Å². The maximum atomic E-state index is 5.72. The van der Waals surface area contributed by atoms with Gasteiger partial charge in [-0.25, -0.2) is 0 Å². The lowest BCUT2D eigenvalue weighted by atomic mass is 10.2. The van der Waals surface area contributed by atoms with E-state index in [-0.39, 0.29) is 0 Å². The van der Waals surface area contributed by atoms with Crippen LogP contribution in [0.2, 0.25) is 0 Å². The Morgan fingerprint density at radius 3 is 2.37 bits per heavy atom. The summed E-state index contributed by atoms with van der Waals surface area (Å²) in [5, 5.41) is 14.3. The van der Waals surface area contributed by atoms with Crippen LogP contribution >= 0.6 is 11.8 Å². The van der Waals surface area contributed by atoms with Crippen LogP contribution < -0.4 is 4.74 Å². The fourth-order valence-corrected chi connectivity index (χ4v) is 3.79. The second kappa shape index (κ2) is 9.89. The van der Waals surface area contributed by atoms with Crippen molar-refractivity contribution in [2.45, 2.75) is 17.8 Å². The SMILES string of the molecule is CCOc1ccccc1/C=N\n1c(SCc2ccccc2)nnc1-c1ccccc1. The van der Waals surface area contributed by atoms with Gasteiger partial charge < -0.3 is 4.74 Å². The molecule has 0 fully saturated rings. The number of ether oxygens (including phenoxy) is 1. The highest BCUT2D eigenvalue weighted by Crippen LogP contribution is 2.26. The van der Waals surface area contributed by atoms with Crippen LogP contribution in [0.15, 0.2) is 95.2 Å². The average Bonchev–Trinajstić information content (AvgIpc) is 3.21. The molecule has 1 aromatic heterocycles. The standard InChI is InChI=1S/C24H22N4OS/c1-2-29-22-16-10-9-15-21(22)17-25-28-23(20-13-7-4-8-14-20)26-27-24(28)30-18-19-11-5-3-6-12-19/h3-17H,2,18H2,1H3/b25-17-. The van der Waals surface area contributed by atoms with E-state index in [2.05, 4.69) is 22.3 Å². The van der Waals surface area contributed by atoms with E-state index in [1.807, 2.05) is 79.7 Å². The largest absolute Gasteiger partial charge is 0.493 e. The lowest BCUT2D eigenvalue weighted by Crippen LogP contribution is -1.99. The lowest BCUT2D eigenvalue weighted by molar-refractivity contribution is 0.340. The van der Waals surface area contributed by atoms with E-state index in [1.54, 1.807) is 22.7 Å². The average molecular weight is 415 g/mol. The van der Waals surface area contributed by atoms with Gasteiger partial charge in [0.25, 0.3) is 0 Å². The van der Waals surface area contributed by atoms with E-state index < -0.39 is 0 Å². The summed E-state index contributed by atoms with van der Waals surface area (Å²) < 4.78 is 7.52. The Labute approximate surface area is 180 Å². The second-order valence-corrected chi connectivity index (χ2v) is 7.42. The number of hydrogen-bond donors (Lipinski definition) is 0. The van der Waals surface area contributed by atoms with Gasteiger partial charge in [-0.2, -0.15) is 9.78 Å². The molecule has 4 aromatic rings. The van der Waals surface area contributed by atoms with Crippen LogP contribution in [-0.4, -0.2) is 27.7 Å². The van der Waals surface area contributed by atoms with Crippen molar-refractivity contribution in [3.63, 3.8) is 0 Å². The number of thioether (sulfide) groups is 1. The van der Waals surface area contributed by atoms with E-state index in [4.69, 9.17) is 9.84 Å². The fourth-order valence-electron chi connectivity index (χ4n) is 2.94. The second-order valence-electron chi connectivity index (χ2n) is 6.47. The molecule has 6 heteroatoms. The Hall–Kier alpha value is -3.38. The Balaban J connectivity index is 1.68. The summed E-state index contributed by atoms with van der Waals surface area (Å²) in [5.74, 6) is 2.30. The molecule has 5 nitrogen and oxygen atoms in total. The number of aromatic nitrogens is 3. The third-order valence-electron chi connectivity index (χ3n) is 4.39. The van der Waals surface area contributed by atoms with E-state index in [0.717, 1.165) is 27.8 Å². The van der Waals surface area contributed by atoms with Crippen molar-refractivity contribution in [1.82, 2.24) is 14.9 Å². The molecule has 0 aliphatic rings. The number of benzene rings is 3. The molecule has 0 radical (unpaired) electrons. The predicted octanol–water partition coefficient (Wildman–Crippen LogP) is 5.52. The van der Waals surface area contributed by atoms with Gasteiger partial charge in [0.05, 0.1) is 12.8 Å². The molecule has 0 amide bonds. The summed E-state index contributed by atoms with van der Waals surface area (Å²) in [6.45, 7) is 2.57. The molecule has 1 heterocycles. The summed E-state index contributed by atoms with van der Waals surface area (Å²) in [7, 11) is 0. The monoisotopic (exact) mass is 414 g/mol. The molecule has 0 atom stereocenters. The predicted molar refractivity (Wildman–Crippen MR) is 122 cm³/mol. The minimum absolute atomic E-state index is 0.602. The smallest absolute Gasteiger partial charge is 0.212 e. The molecular formula is C24H22N4OS. The molecule has 150 valence electrons. The van der Waals surface area contributed by atoms with Gasteiger partial charge in [0.1, 0.15) is 5.75 Å². The summed E-state index contributed by atoms with van der Waals surface area (Å²) in [6, 6.07) is 28.1. The topological polar surface area (TPSA) is 52.3 Å².